The van der Waals surface area contributed by atoms with Gasteiger partial charge in [0, 0.05) is 43.1 Å². The summed E-state index contributed by atoms with van der Waals surface area (Å²) in [6.45, 7) is 6.32. The van der Waals surface area contributed by atoms with Crippen LogP contribution in [-0.2, 0) is 0 Å². The Morgan fingerprint density at radius 2 is 2.09 bits per heavy atom. The van der Waals surface area contributed by atoms with E-state index in [4.69, 9.17) is 11.6 Å². The summed E-state index contributed by atoms with van der Waals surface area (Å²) in [5.41, 5.74) is 1.19. The first-order valence-electron chi connectivity index (χ1n) is 7.94. The zero-order valence-corrected chi connectivity index (χ0v) is 14.0. The minimum atomic E-state index is -0.0322. The standard InChI is InChI=1S/C17H25ClN2O2/c1-3-13(14-4-6-16(18)7-5-14)8-19-17(22)20-9-12(2)15(10-20)11-21/h4-7,12-13,15,21H,3,8-11H2,1-2H3,(H,19,22)/t12-,13-,15+/m1/s1. The molecular formula is C17H25ClN2O2. The Hall–Kier alpha value is -1.26. The lowest BCUT2D eigenvalue weighted by Gasteiger charge is -2.21. The first-order chi connectivity index (χ1) is 10.5. The summed E-state index contributed by atoms with van der Waals surface area (Å²) in [4.78, 5) is 14.1. The van der Waals surface area contributed by atoms with Crippen LogP contribution in [0.15, 0.2) is 24.3 Å². The normalized spacial score (nSPS) is 22.6. The monoisotopic (exact) mass is 324 g/mol. The first kappa shape index (κ1) is 17.1. The molecule has 3 atom stereocenters. The van der Waals surface area contributed by atoms with Crippen molar-refractivity contribution in [2.45, 2.75) is 26.2 Å². The third-order valence-electron chi connectivity index (χ3n) is 4.62. The molecular weight excluding hydrogens is 300 g/mol. The molecule has 2 amide bonds. The Kier molecular flexibility index (Phi) is 6.09. The molecule has 122 valence electrons. The molecule has 1 aliphatic rings. The molecule has 1 saturated heterocycles. The van der Waals surface area contributed by atoms with Crippen LogP contribution in [0.3, 0.4) is 0 Å². The highest BCUT2D eigenvalue weighted by Gasteiger charge is 2.31. The van der Waals surface area contributed by atoms with Gasteiger partial charge in [0.15, 0.2) is 0 Å². The highest BCUT2D eigenvalue weighted by atomic mass is 35.5. The van der Waals surface area contributed by atoms with Gasteiger partial charge in [-0.05, 0) is 30.0 Å². The number of aliphatic hydroxyl groups is 1. The van der Waals surface area contributed by atoms with Gasteiger partial charge in [0.1, 0.15) is 0 Å². The molecule has 1 fully saturated rings. The summed E-state index contributed by atoms with van der Waals surface area (Å²) in [5.74, 6) is 0.841. The van der Waals surface area contributed by atoms with Crippen LogP contribution in [0.4, 0.5) is 4.79 Å². The molecule has 0 aliphatic carbocycles. The van der Waals surface area contributed by atoms with Crippen LogP contribution >= 0.6 is 11.6 Å². The van der Waals surface area contributed by atoms with E-state index in [1.807, 2.05) is 24.3 Å². The molecule has 0 saturated carbocycles. The van der Waals surface area contributed by atoms with E-state index in [1.165, 1.54) is 5.56 Å². The molecule has 2 N–H and O–H groups in total. The van der Waals surface area contributed by atoms with Crippen molar-refractivity contribution in [2.24, 2.45) is 11.8 Å². The molecule has 4 nitrogen and oxygen atoms in total. The van der Waals surface area contributed by atoms with Crippen LogP contribution in [0.5, 0.6) is 0 Å². The van der Waals surface area contributed by atoms with Crippen molar-refractivity contribution >= 4 is 17.6 Å². The smallest absolute Gasteiger partial charge is 0.317 e. The number of hydrogen-bond acceptors (Lipinski definition) is 2. The number of likely N-dealkylation sites (tertiary alicyclic amines) is 1. The summed E-state index contributed by atoms with van der Waals surface area (Å²) < 4.78 is 0. The van der Waals surface area contributed by atoms with E-state index in [1.54, 1.807) is 4.90 Å². The van der Waals surface area contributed by atoms with E-state index in [0.29, 0.717) is 19.0 Å². The van der Waals surface area contributed by atoms with Crippen LogP contribution in [0, 0.1) is 11.8 Å². The number of hydrogen-bond donors (Lipinski definition) is 2. The number of carbonyl (C=O) groups is 1. The van der Waals surface area contributed by atoms with Gasteiger partial charge in [0.05, 0.1) is 0 Å². The Balaban J connectivity index is 1.88. The lowest BCUT2D eigenvalue weighted by atomic mass is 9.96. The number of nitrogens with one attached hydrogen (secondary N) is 1. The molecule has 2 rings (SSSR count). The predicted molar refractivity (Wildman–Crippen MR) is 89.2 cm³/mol. The minimum Gasteiger partial charge on any atom is -0.396 e. The van der Waals surface area contributed by atoms with Crippen molar-refractivity contribution in [3.63, 3.8) is 0 Å². The average molecular weight is 325 g/mol. The summed E-state index contributed by atoms with van der Waals surface area (Å²) in [5, 5.41) is 13.0. The van der Waals surface area contributed by atoms with Crippen molar-refractivity contribution in [2.75, 3.05) is 26.2 Å². The van der Waals surface area contributed by atoms with E-state index >= 15 is 0 Å². The lowest BCUT2D eigenvalue weighted by molar-refractivity contribution is 0.195. The Labute approximate surface area is 137 Å². The van der Waals surface area contributed by atoms with Crippen LogP contribution in [0.2, 0.25) is 5.02 Å². The molecule has 0 aromatic heterocycles. The Morgan fingerprint density at radius 1 is 1.41 bits per heavy atom. The van der Waals surface area contributed by atoms with Gasteiger partial charge in [-0.25, -0.2) is 4.79 Å². The van der Waals surface area contributed by atoms with E-state index in [2.05, 4.69) is 19.2 Å². The van der Waals surface area contributed by atoms with Crippen molar-refractivity contribution in [3.05, 3.63) is 34.9 Å². The second kappa shape index (κ2) is 7.84. The highest BCUT2D eigenvalue weighted by Crippen LogP contribution is 2.23. The maximum absolute atomic E-state index is 12.3. The van der Waals surface area contributed by atoms with Crippen LogP contribution in [0.25, 0.3) is 0 Å². The van der Waals surface area contributed by atoms with E-state index in [9.17, 15) is 9.90 Å². The summed E-state index contributed by atoms with van der Waals surface area (Å²) in [6, 6.07) is 7.77. The number of rotatable bonds is 5. The fourth-order valence-corrected chi connectivity index (χ4v) is 3.12. The van der Waals surface area contributed by atoms with Gasteiger partial charge in [-0.3, -0.25) is 0 Å². The fourth-order valence-electron chi connectivity index (χ4n) is 2.99. The molecule has 1 heterocycles. The zero-order chi connectivity index (χ0) is 16.1. The largest absolute Gasteiger partial charge is 0.396 e. The number of carbonyl (C=O) groups excluding carboxylic acids is 1. The predicted octanol–water partition coefficient (Wildman–Crippen LogP) is 3.10. The Morgan fingerprint density at radius 3 is 2.64 bits per heavy atom. The number of benzene rings is 1. The van der Waals surface area contributed by atoms with Gasteiger partial charge in [-0.15, -0.1) is 0 Å². The minimum absolute atomic E-state index is 0.0322. The number of nitrogens with zero attached hydrogens (tertiary/aromatic N) is 1. The van der Waals surface area contributed by atoms with Crippen LogP contribution in [-0.4, -0.2) is 42.3 Å². The van der Waals surface area contributed by atoms with E-state index < -0.39 is 0 Å². The quantitative estimate of drug-likeness (QED) is 0.874. The van der Waals surface area contributed by atoms with Gasteiger partial charge in [-0.1, -0.05) is 37.6 Å². The van der Waals surface area contributed by atoms with E-state index in [0.717, 1.165) is 18.0 Å². The Bertz CT molecular complexity index is 492. The average Bonchev–Trinajstić information content (AvgIpc) is 2.90. The molecule has 0 bridgehead atoms. The van der Waals surface area contributed by atoms with Crippen molar-refractivity contribution in [1.29, 1.82) is 0 Å². The van der Waals surface area contributed by atoms with Crippen LogP contribution in [0.1, 0.15) is 31.7 Å². The molecule has 1 aromatic rings. The molecule has 1 aromatic carbocycles. The molecule has 5 heteroatoms. The van der Waals surface area contributed by atoms with Crippen LogP contribution < -0.4 is 5.32 Å². The number of halogens is 1. The molecule has 0 radical (unpaired) electrons. The zero-order valence-electron chi connectivity index (χ0n) is 13.3. The molecule has 0 unspecified atom stereocenters. The second-order valence-corrected chi connectivity index (χ2v) is 6.60. The SMILES string of the molecule is CC[C@H](CNC(=O)N1C[C@@H](CO)[C@H](C)C1)c1ccc(Cl)cc1. The van der Waals surface area contributed by atoms with Gasteiger partial charge in [-0.2, -0.15) is 0 Å². The van der Waals surface area contributed by atoms with Crippen molar-refractivity contribution < 1.29 is 9.90 Å². The lowest BCUT2D eigenvalue weighted by Crippen LogP contribution is -2.40. The summed E-state index contributed by atoms with van der Waals surface area (Å²) in [7, 11) is 0. The van der Waals surface area contributed by atoms with Crippen molar-refractivity contribution in [3.8, 4) is 0 Å². The third-order valence-corrected chi connectivity index (χ3v) is 4.88. The highest BCUT2D eigenvalue weighted by molar-refractivity contribution is 6.30. The summed E-state index contributed by atoms with van der Waals surface area (Å²) in [6.07, 6.45) is 0.956. The number of amides is 2. The second-order valence-electron chi connectivity index (χ2n) is 6.17. The summed E-state index contributed by atoms with van der Waals surface area (Å²) >= 11 is 5.92. The number of urea groups is 1. The van der Waals surface area contributed by atoms with Crippen molar-refractivity contribution in [1.82, 2.24) is 10.2 Å². The maximum atomic E-state index is 12.3. The van der Waals surface area contributed by atoms with Gasteiger partial charge >= 0.3 is 6.03 Å². The van der Waals surface area contributed by atoms with Gasteiger partial charge in [0.2, 0.25) is 0 Å². The molecule has 0 spiro atoms. The number of aliphatic hydroxyl groups excluding tert-OH is 1. The first-order valence-corrected chi connectivity index (χ1v) is 8.32. The third kappa shape index (κ3) is 4.14. The molecule has 22 heavy (non-hydrogen) atoms. The molecule has 1 aliphatic heterocycles. The topological polar surface area (TPSA) is 52.6 Å². The van der Waals surface area contributed by atoms with E-state index in [-0.39, 0.29) is 24.5 Å². The van der Waals surface area contributed by atoms with Gasteiger partial charge in [0.25, 0.3) is 0 Å². The maximum Gasteiger partial charge on any atom is 0.317 e. The van der Waals surface area contributed by atoms with Gasteiger partial charge < -0.3 is 15.3 Å². The fraction of sp³-hybridized carbons (Fsp3) is 0.588.